The van der Waals surface area contributed by atoms with Gasteiger partial charge in [-0.1, -0.05) is 44.2 Å². The number of hydrogen-bond acceptors (Lipinski definition) is 4. The Labute approximate surface area is 134 Å². The average Bonchev–Trinajstić information content (AvgIpc) is 3.04. The first kappa shape index (κ1) is 14.9. The van der Waals surface area contributed by atoms with Crippen LogP contribution in [0.5, 0.6) is 0 Å². The largest absolute Gasteiger partial charge is 0.305 e. The third-order valence-electron chi connectivity index (χ3n) is 3.41. The number of benzene rings is 1. The molecule has 0 fully saturated rings. The molecular weight excluding hydrogens is 290 g/mol. The Kier molecular flexibility index (Phi) is 4.14. The first-order chi connectivity index (χ1) is 11.1. The summed E-state index contributed by atoms with van der Waals surface area (Å²) in [6.45, 7) is 4.10. The van der Waals surface area contributed by atoms with Gasteiger partial charge in [-0.15, -0.1) is 0 Å². The van der Waals surface area contributed by atoms with Gasteiger partial charge in [-0.3, -0.25) is 9.89 Å². The lowest BCUT2D eigenvalue weighted by atomic mass is 10.1. The molecule has 1 aromatic carbocycles. The number of carbonyl (C=O) groups excluding carboxylic acids is 1. The Hall–Kier alpha value is -3.02. The molecule has 23 heavy (non-hydrogen) atoms. The normalized spacial score (nSPS) is 10.7. The van der Waals surface area contributed by atoms with Gasteiger partial charge in [-0.25, -0.2) is 9.97 Å². The first-order valence-corrected chi connectivity index (χ1v) is 7.37. The lowest BCUT2D eigenvalue weighted by molar-refractivity contribution is 0.102. The van der Waals surface area contributed by atoms with Crippen molar-refractivity contribution in [2.24, 2.45) is 0 Å². The van der Waals surface area contributed by atoms with Gasteiger partial charge in [0, 0.05) is 29.7 Å². The second kappa shape index (κ2) is 6.39. The van der Waals surface area contributed by atoms with Crippen LogP contribution in [-0.4, -0.2) is 26.1 Å². The predicted molar refractivity (Wildman–Crippen MR) is 88.1 cm³/mol. The fraction of sp³-hybridized carbons (Fsp3) is 0.176. The molecule has 6 heteroatoms. The van der Waals surface area contributed by atoms with Gasteiger partial charge in [-0.2, -0.15) is 5.10 Å². The van der Waals surface area contributed by atoms with Crippen LogP contribution in [0.1, 0.15) is 35.8 Å². The third kappa shape index (κ3) is 3.42. The molecule has 0 spiro atoms. The fourth-order valence-corrected chi connectivity index (χ4v) is 2.07. The van der Waals surface area contributed by atoms with E-state index >= 15 is 0 Å². The van der Waals surface area contributed by atoms with E-state index in [4.69, 9.17) is 0 Å². The van der Waals surface area contributed by atoms with Crippen LogP contribution in [-0.2, 0) is 0 Å². The maximum Gasteiger partial charge on any atom is 0.260 e. The average molecular weight is 307 g/mol. The highest BCUT2D eigenvalue weighted by Crippen LogP contribution is 2.16. The molecule has 0 saturated heterocycles. The topological polar surface area (TPSA) is 83.6 Å². The van der Waals surface area contributed by atoms with Crippen molar-refractivity contribution < 1.29 is 4.79 Å². The van der Waals surface area contributed by atoms with Gasteiger partial charge in [0.25, 0.3) is 5.91 Å². The van der Waals surface area contributed by atoms with Crippen LogP contribution >= 0.6 is 0 Å². The van der Waals surface area contributed by atoms with Gasteiger partial charge in [0.15, 0.2) is 11.6 Å². The fourth-order valence-electron chi connectivity index (χ4n) is 2.07. The van der Waals surface area contributed by atoms with Crippen LogP contribution < -0.4 is 5.32 Å². The number of nitrogens with zero attached hydrogens (tertiary/aromatic N) is 3. The van der Waals surface area contributed by atoms with Crippen molar-refractivity contribution >= 4 is 11.7 Å². The number of aromatic nitrogens is 4. The Morgan fingerprint density at radius 1 is 1.13 bits per heavy atom. The quantitative estimate of drug-likeness (QED) is 0.775. The molecular formula is C17H17N5O. The van der Waals surface area contributed by atoms with E-state index in [0.717, 1.165) is 11.3 Å². The van der Waals surface area contributed by atoms with E-state index in [1.54, 1.807) is 0 Å². The van der Waals surface area contributed by atoms with Crippen molar-refractivity contribution in [1.29, 1.82) is 0 Å². The summed E-state index contributed by atoms with van der Waals surface area (Å²) >= 11 is 0. The van der Waals surface area contributed by atoms with E-state index in [-0.39, 0.29) is 5.91 Å². The molecule has 3 aromatic rings. The highest BCUT2D eigenvalue weighted by Gasteiger charge is 2.11. The number of anilines is 1. The second-order valence-electron chi connectivity index (χ2n) is 5.48. The number of nitrogens with one attached hydrogen (secondary N) is 2. The molecule has 3 rings (SSSR count). The van der Waals surface area contributed by atoms with E-state index in [9.17, 15) is 4.79 Å². The molecule has 6 nitrogen and oxygen atoms in total. The van der Waals surface area contributed by atoms with E-state index in [1.807, 2.05) is 36.4 Å². The molecule has 2 N–H and O–H groups in total. The minimum atomic E-state index is -0.286. The Bertz CT molecular complexity index is 793. The number of amides is 1. The SMILES string of the molecule is CC(C)c1cc(NC(=O)c2cnc(-c3ccccc3)nc2)n[nH]1. The molecule has 0 saturated carbocycles. The Morgan fingerprint density at radius 3 is 2.43 bits per heavy atom. The lowest BCUT2D eigenvalue weighted by Gasteiger charge is -2.03. The van der Waals surface area contributed by atoms with Gasteiger partial charge >= 0.3 is 0 Å². The van der Waals surface area contributed by atoms with Crippen molar-refractivity contribution in [3.8, 4) is 11.4 Å². The van der Waals surface area contributed by atoms with Crippen molar-refractivity contribution in [3.63, 3.8) is 0 Å². The summed E-state index contributed by atoms with van der Waals surface area (Å²) in [5.41, 5.74) is 2.27. The summed E-state index contributed by atoms with van der Waals surface area (Å²) in [6.07, 6.45) is 3.03. The monoisotopic (exact) mass is 307 g/mol. The first-order valence-electron chi connectivity index (χ1n) is 7.37. The zero-order chi connectivity index (χ0) is 16.2. The number of hydrogen-bond donors (Lipinski definition) is 2. The molecule has 0 aliphatic heterocycles. The Morgan fingerprint density at radius 2 is 1.83 bits per heavy atom. The van der Waals surface area contributed by atoms with Gasteiger partial charge in [-0.05, 0) is 5.92 Å². The predicted octanol–water partition coefficient (Wildman–Crippen LogP) is 3.24. The summed E-state index contributed by atoms with van der Waals surface area (Å²) in [6, 6.07) is 11.4. The minimum Gasteiger partial charge on any atom is -0.305 e. The number of H-pyrrole nitrogens is 1. The standard InChI is InChI=1S/C17H17N5O/c1-11(2)14-8-15(22-21-14)20-17(23)13-9-18-16(19-10-13)12-6-4-3-5-7-12/h3-11H,1-2H3,(H2,20,21,22,23). The second-order valence-corrected chi connectivity index (χ2v) is 5.48. The molecule has 0 bridgehead atoms. The summed E-state index contributed by atoms with van der Waals surface area (Å²) in [4.78, 5) is 20.7. The molecule has 116 valence electrons. The van der Waals surface area contributed by atoms with Gasteiger partial charge in [0.2, 0.25) is 0 Å². The third-order valence-corrected chi connectivity index (χ3v) is 3.41. The van der Waals surface area contributed by atoms with Crippen LogP contribution in [0.15, 0.2) is 48.8 Å². The van der Waals surface area contributed by atoms with Crippen molar-refractivity contribution in [1.82, 2.24) is 20.2 Å². The summed E-state index contributed by atoms with van der Waals surface area (Å²) in [5, 5.41) is 9.70. The number of aromatic amines is 1. The van der Waals surface area contributed by atoms with Crippen LogP contribution in [0.3, 0.4) is 0 Å². The highest BCUT2D eigenvalue weighted by molar-refractivity contribution is 6.03. The molecule has 0 aliphatic rings. The van der Waals surface area contributed by atoms with Crippen molar-refractivity contribution in [2.75, 3.05) is 5.32 Å². The van der Waals surface area contributed by atoms with Crippen LogP contribution in [0.25, 0.3) is 11.4 Å². The van der Waals surface area contributed by atoms with Crippen molar-refractivity contribution in [3.05, 3.63) is 60.0 Å². The smallest absolute Gasteiger partial charge is 0.260 e. The van der Waals surface area contributed by atoms with E-state index < -0.39 is 0 Å². The number of rotatable bonds is 4. The summed E-state index contributed by atoms with van der Waals surface area (Å²) in [7, 11) is 0. The highest BCUT2D eigenvalue weighted by atomic mass is 16.1. The molecule has 0 atom stereocenters. The molecule has 2 heterocycles. The maximum atomic E-state index is 12.2. The van der Waals surface area contributed by atoms with Gasteiger partial charge in [0.05, 0.1) is 5.56 Å². The molecule has 2 aromatic heterocycles. The van der Waals surface area contributed by atoms with Gasteiger partial charge in [0.1, 0.15) is 0 Å². The molecule has 0 radical (unpaired) electrons. The lowest BCUT2D eigenvalue weighted by Crippen LogP contribution is -2.13. The zero-order valence-corrected chi connectivity index (χ0v) is 12.9. The zero-order valence-electron chi connectivity index (χ0n) is 12.9. The van der Waals surface area contributed by atoms with E-state index in [2.05, 4.69) is 39.3 Å². The molecule has 1 amide bonds. The Balaban J connectivity index is 1.72. The van der Waals surface area contributed by atoms with E-state index in [1.165, 1.54) is 12.4 Å². The number of carbonyl (C=O) groups is 1. The molecule has 0 aliphatic carbocycles. The van der Waals surface area contributed by atoms with Gasteiger partial charge < -0.3 is 5.32 Å². The minimum absolute atomic E-state index is 0.286. The summed E-state index contributed by atoms with van der Waals surface area (Å²) < 4.78 is 0. The summed E-state index contributed by atoms with van der Waals surface area (Å²) in [5.74, 6) is 1.11. The molecule has 0 unspecified atom stereocenters. The van der Waals surface area contributed by atoms with Crippen LogP contribution in [0.2, 0.25) is 0 Å². The van der Waals surface area contributed by atoms with Crippen LogP contribution in [0.4, 0.5) is 5.82 Å². The van der Waals surface area contributed by atoms with Crippen molar-refractivity contribution in [2.45, 2.75) is 19.8 Å². The maximum absolute atomic E-state index is 12.2. The van der Waals surface area contributed by atoms with E-state index in [0.29, 0.717) is 23.1 Å². The van der Waals surface area contributed by atoms with Crippen LogP contribution in [0, 0.1) is 0 Å².